The standard InChI is InChI=1S/C25H23.C12H7Si.2ClH.Zr/c1-3-9-20-14-15-21-16-18(2)17-24(21)25(20)23-13-8-7-12-22(23)19-10-5-4-6-11-19;1-3-7-11-9(5-1)10-6-2-4-8-12(10)13-11;;;/h4-8,10-17H,3,9H2,1-2H3;1-7H;2*1H;/q2*-1;;;+4/p-2. The predicted octanol–water partition coefficient (Wildman–Crippen LogP) is 9.65. The number of benzene rings is 5. The number of aryl methyl sites for hydroxylation is 2. The van der Waals surface area contributed by atoms with Crippen LogP contribution in [-0.4, -0.2) is 9.52 Å². The summed E-state index contributed by atoms with van der Waals surface area (Å²) in [5.41, 5.74) is 10.9. The van der Waals surface area contributed by atoms with Crippen LogP contribution >= 0.6 is 17.0 Å². The molecule has 2 radical (unpaired) electrons. The molecule has 0 unspecified atom stereocenters. The first-order valence-corrected chi connectivity index (χ1v) is 21.1. The third-order valence-corrected chi connectivity index (χ3v) is 8.62. The molecule has 0 nitrogen and oxygen atoms in total. The van der Waals surface area contributed by atoms with Crippen LogP contribution in [-0.2, 0) is 27.3 Å². The van der Waals surface area contributed by atoms with E-state index in [4.69, 9.17) is 17.0 Å². The maximum atomic E-state index is 4.93. The summed E-state index contributed by atoms with van der Waals surface area (Å²) < 4.78 is 0. The molecule has 1 aliphatic heterocycles. The van der Waals surface area contributed by atoms with Crippen LogP contribution in [0.5, 0.6) is 0 Å². The van der Waals surface area contributed by atoms with Crippen molar-refractivity contribution in [3.63, 3.8) is 0 Å². The Labute approximate surface area is 265 Å². The number of rotatable bonds is 4. The third kappa shape index (κ3) is 6.90. The Morgan fingerprint density at radius 2 is 1.41 bits per heavy atom. The largest absolute Gasteiger partial charge is 0.184 e. The van der Waals surface area contributed by atoms with E-state index in [1.54, 1.807) is 0 Å². The molecule has 0 spiro atoms. The maximum absolute atomic E-state index is 4.93. The van der Waals surface area contributed by atoms with Crippen molar-refractivity contribution < 1.29 is 20.8 Å². The van der Waals surface area contributed by atoms with Crippen LogP contribution in [0, 0.1) is 13.0 Å². The SMILES string of the molecule is CCCc1ccc2[cH-]c(C)cc2c1-c1ccccc1-c1ccccc1.[Cl][Zr+2][Cl].[c-]1cccc2c1[Si]c1ccccc1-2. The van der Waals surface area contributed by atoms with Crippen molar-refractivity contribution in [2.24, 2.45) is 0 Å². The molecule has 6 aromatic rings. The summed E-state index contributed by atoms with van der Waals surface area (Å²) >= 11 is -0.826. The first-order chi connectivity index (χ1) is 20.1. The van der Waals surface area contributed by atoms with Gasteiger partial charge in [-0.05, 0) is 23.1 Å². The quantitative estimate of drug-likeness (QED) is 0.130. The van der Waals surface area contributed by atoms with Gasteiger partial charge in [0.05, 0.1) is 9.52 Å². The van der Waals surface area contributed by atoms with Gasteiger partial charge in [0.25, 0.3) is 0 Å². The molecule has 0 saturated carbocycles. The van der Waals surface area contributed by atoms with Gasteiger partial charge in [0, 0.05) is 0 Å². The number of halogens is 2. The molecular formula is C37H30Cl2SiZr. The van der Waals surface area contributed by atoms with E-state index in [0.717, 1.165) is 22.4 Å². The van der Waals surface area contributed by atoms with E-state index in [9.17, 15) is 0 Å². The van der Waals surface area contributed by atoms with Gasteiger partial charge in [-0.2, -0.15) is 35.5 Å². The van der Waals surface area contributed by atoms with Gasteiger partial charge in [-0.25, -0.2) is 0 Å². The summed E-state index contributed by atoms with van der Waals surface area (Å²) in [5, 5.41) is 5.55. The van der Waals surface area contributed by atoms with E-state index in [-0.39, 0.29) is 0 Å². The molecule has 0 atom stereocenters. The fraction of sp³-hybridized carbons (Fsp3) is 0.108. The first kappa shape index (κ1) is 29.9. The van der Waals surface area contributed by atoms with Crippen LogP contribution in [0.15, 0.2) is 121 Å². The van der Waals surface area contributed by atoms with Gasteiger partial charge < -0.3 is 0 Å². The second-order valence-corrected chi connectivity index (χ2v) is 15.0. The van der Waals surface area contributed by atoms with Crippen molar-refractivity contribution in [3.05, 3.63) is 139 Å². The van der Waals surface area contributed by atoms with E-state index in [1.165, 1.54) is 65.7 Å². The second kappa shape index (κ2) is 14.5. The molecular weight excluding hydrogens is 635 g/mol. The Morgan fingerprint density at radius 3 is 2.17 bits per heavy atom. The van der Waals surface area contributed by atoms with Crippen LogP contribution in [0.2, 0.25) is 0 Å². The van der Waals surface area contributed by atoms with Gasteiger partial charge in [-0.3, -0.25) is 0 Å². The molecule has 1 heterocycles. The molecule has 0 fully saturated rings. The predicted molar refractivity (Wildman–Crippen MR) is 177 cm³/mol. The third-order valence-electron chi connectivity index (χ3n) is 7.25. The van der Waals surface area contributed by atoms with E-state index >= 15 is 0 Å². The van der Waals surface area contributed by atoms with E-state index in [0.29, 0.717) is 0 Å². The van der Waals surface area contributed by atoms with Crippen LogP contribution in [0.3, 0.4) is 0 Å². The first-order valence-electron chi connectivity index (χ1n) is 13.8. The molecule has 7 rings (SSSR count). The zero-order valence-corrected chi connectivity index (χ0v) is 28.2. The van der Waals surface area contributed by atoms with Crippen molar-refractivity contribution in [2.45, 2.75) is 26.7 Å². The monoisotopic (exact) mass is 662 g/mol. The molecule has 41 heavy (non-hydrogen) atoms. The summed E-state index contributed by atoms with van der Waals surface area (Å²) in [7, 11) is 10.7. The van der Waals surface area contributed by atoms with Crippen molar-refractivity contribution in [1.29, 1.82) is 0 Å². The Kier molecular flexibility index (Phi) is 10.6. The molecule has 0 amide bonds. The molecule has 0 bridgehead atoms. The Hall–Kier alpha value is -2.61. The number of fused-ring (bicyclic) bond motifs is 4. The van der Waals surface area contributed by atoms with Crippen LogP contribution in [0.1, 0.15) is 24.5 Å². The molecule has 4 heteroatoms. The van der Waals surface area contributed by atoms with Gasteiger partial charge in [0.15, 0.2) is 0 Å². The average Bonchev–Trinajstić information content (AvgIpc) is 3.58. The summed E-state index contributed by atoms with van der Waals surface area (Å²) in [6.45, 7) is 4.44. The van der Waals surface area contributed by atoms with E-state index in [2.05, 4.69) is 135 Å². The van der Waals surface area contributed by atoms with Gasteiger partial charge in [-0.1, -0.05) is 121 Å². The fourth-order valence-corrected chi connectivity index (χ4v) is 6.88. The van der Waals surface area contributed by atoms with E-state index < -0.39 is 20.8 Å². The van der Waals surface area contributed by atoms with Crippen molar-refractivity contribution >= 4 is 47.7 Å². The van der Waals surface area contributed by atoms with Crippen molar-refractivity contribution in [3.8, 4) is 33.4 Å². The topological polar surface area (TPSA) is 0 Å². The molecule has 0 aliphatic carbocycles. The summed E-state index contributed by atoms with van der Waals surface area (Å²) in [5.74, 6) is 0. The normalized spacial score (nSPS) is 10.9. The smallest absolute Gasteiger partial charge is 0.0920 e. The van der Waals surface area contributed by atoms with Gasteiger partial charge in [0.2, 0.25) is 0 Å². The summed E-state index contributed by atoms with van der Waals surface area (Å²) in [6.07, 6.45) is 2.27. The zero-order valence-electron chi connectivity index (χ0n) is 23.2. The Balaban J connectivity index is 0.000000175. The van der Waals surface area contributed by atoms with Crippen molar-refractivity contribution in [2.75, 3.05) is 0 Å². The van der Waals surface area contributed by atoms with Crippen LogP contribution in [0.25, 0.3) is 44.2 Å². The Morgan fingerprint density at radius 1 is 0.756 bits per heavy atom. The summed E-state index contributed by atoms with van der Waals surface area (Å²) in [6, 6.07) is 46.9. The minimum absolute atomic E-state index is 0.795. The zero-order chi connectivity index (χ0) is 28.6. The molecule has 0 saturated heterocycles. The second-order valence-electron chi connectivity index (χ2n) is 10.00. The minimum Gasteiger partial charge on any atom is -0.184 e. The molecule has 200 valence electrons. The molecule has 0 N–H and O–H groups in total. The van der Waals surface area contributed by atoms with Crippen molar-refractivity contribution in [1.82, 2.24) is 0 Å². The fourth-order valence-electron chi connectivity index (χ4n) is 5.57. The summed E-state index contributed by atoms with van der Waals surface area (Å²) in [4.78, 5) is 0. The maximum Gasteiger partial charge on any atom is 0.0920 e. The van der Waals surface area contributed by atoms with Gasteiger partial charge >= 0.3 is 37.9 Å². The van der Waals surface area contributed by atoms with E-state index in [1.807, 2.05) is 6.07 Å². The number of hydrogen-bond acceptors (Lipinski definition) is 0. The van der Waals surface area contributed by atoms with Crippen LogP contribution < -0.4 is 10.4 Å². The number of hydrogen-bond donors (Lipinski definition) is 0. The van der Waals surface area contributed by atoms with Gasteiger partial charge in [0.1, 0.15) is 0 Å². The molecule has 0 aromatic heterocycles. The van der Waals surface area contributed by atoms with Crippen LogP contribution in [0.4, 0.5) is 0 Å². The minimum atomic E-state index is -0.826. The molecule has 6 aromatic carbocycles. The average molecular weight is 665 g/mol. The Bertz CT molecular complexity index is 1700. The molecule has 1 aliphatic rings. The van der Waals surface area contributed by atoms with Gasteiger partial charge in [-0.15, -0.1) is 40.1 Å².